The van der Waals surface area contributed by atoms with E-state index in [-0.39, 0.29) is 0 Å². The second-order valence-corrected chi connectivity index (χ2v) is 2.93. The maximum atomic E-state index is 13.0. The van der Waals surface area contributed by atoms with Gasteiger partial charge in [0.25, 0.3) is 0 Å². The largest absolute Gasteiger partial charge is 0.494 e. The molecule has 2 heterocycles. The van der Waals surface area contributed by atoms with Crippen molar-refractivity contribution in [2.24, 2.45) is 0 Å². The van der Waals surface area contributed by atoms with E-state index in [9.17, 15) is 4.39 Å². The number of ether oxygens (including phenoxy) is 1. The lowest BCUT2D eigenvalue weighted by Crippen LogP contribution is -1.93. The lowest BCUT2D eigenvalue weighted by atomic mass is 10.2. The van der Waals surface area contributed by atoms with Gasteiger partial charge in [0, 0.05) is 18.0 Å². The van der Waals surface area contributed by atoms with E-state index in [2.05, 4.69) is 9.97 Å². The zero-order valence-electron chi connectivity index (χ0n) is 8.14. The van der Waals surface area contributed by atoms with Crippen molar-refractivity contribution in [3.63, 3.8) is 0 Å². The van der Waals surface area contributed by atoms with Crippen LogP contribution in [0.25, 0.3) is 11.3 Å². The highest BCUT2D eigenvalue weighted by molar-refractivity contribution is 5.64. The smallest absolute Gasteiger partial charge is 0.213 e. The molecule has 76 valence electrons. The van der Waals surface area contributed by atoms with Gasteiger partial charge in [0.2, 0.25) is 5.95 Å². The first-order chi connectivity index (χ1) is 7.31. The molecule has 0 aliphatic carbocycles. The van der Waals surface area contributed by atoms with E-state index in [1.165, 1.54) is 13.2 Å². The lowest BCUT2D eigenvalue weighted by Gasteiger charge is -2.06. The van der Waals surface area contributed by atoms with E-state index in [4.69, 9.17) is 4.74 Å². The highest BCUT2D eigenvalue weighted by Crippen LogP contribution is 2.26. The van der Waals surface area contributed by atoms with Crippen molar-refractivity contribution in [2.45, 2.75) is 0 Å². The summed E-state index contributed by atoms with van der Waals surface area (Å²) >= 11 is 0. The summed E-state index contributed by atoms with van der Waals surface area (Å²) in [5.41, 5.74) is 1.19. The predicted molar refractivity (Wildman–Crippen MR) is 54.0 cm³/mol. The summed E-state index contributed by atoms with van der Waals surface area (Å²) < 4.78 is 18.1. The summed E-state index contributed by atoms with van der Waals surface area (Å²) in [5.74, 6) is -0.000877. The molecule has 4 heteroatoms. The standard InChI is InChI=1S/C11H9FN2O/c1-15-9-4-5-10(12)14-11(9)8-3-2-6-13-7-8/h2-7H,1H3. The number of nitrogens with zero attached hydrogens (tertiary/aromatic N) is 2. The van der Waals surface area contributed by atoms with Gasteiger partial charge in [-0.25, -0.2) is 4.98 Å². The molecule has 0 aliphatic rings. The SMILES string of the molecule is COc1ccc(F)nc1-c1cccnc1. The average molecular weight is 204 g/mol. The van der Waals surface area contributed by atoms with Gasteiger partial charge >= 0.3 is 0 Å². The van der Waals surface area contributed by atoms with E-state index in [0.29, 0.717) is 11.4 Å². The number of hydrogen-bond donors (Lipinski definition) is 0. The van der Waals surface area contributed by atoms with Crippen LogP contribution < -0.4 is 4.74 Å². The third-order valence-electron chi connectivity index (χ3n) is 1.98. The van der Waals surface area contributed by atoms with E-state index in [0.717, 1.165) is 5.56 Å². The fourth-order valence-electron chi connectivity index (χ4n) is 1.30. The molecule has 15 heavy (non-hydrogen) atoms. The van der Waals surface area contributed by atoms with Crippen molar-refractivity contribution in [3.8, 4) is 17.0 Å². The summed E-state index contributed by atoms with van der Waals surface area (Å²) in [6.07, 6.45) is 3.26. The second-order valence-electron chi connectivity index (χ2n) is 2.93. The first kappa shape index (κ1) is 9.58. The summed E-state index contributed by atoms with van der Waals surface area (Å²) in [4.78, 5) is 7.73. The van der Waals surface area contributed by atoms with Gasteiger partial charge in [0.15, 0.2) is 0 Å². The van der Waals surface area contributed by atoms with Gasteiger partial charge in [0.1, 0.15) is 11.4 Å². The molecule has 0 atom stereocenters. The molecule has 0 aliphatic heterocycles. The summed E-state index contributed by atoms with van der Waals surface area (Å²) in [5, 5.41) is 0. The van der Waals surface area contributed by atoms with Gasteiger partial charge in [-0.05, 0) is 24.3 Å². The molecule has 0 spiro atoms. The van der Waals surface area contributed by atoms with Crippen LogP contribution >= 0.6 is 0 Å². The molecular formula is C11H9FN2O. The molecule has 0 amide bonds. The first-order valence-electron chi connectivity index (χ1n) is 4.42. The van der Waals surface area contributed by atoms with Crippen LogP contribution in [0.4, 0.5) is 4.39 Å². The summed E-state index contributed by atoms with van der Waals surface area (Å²) in [6.45, 7) is 0. The normalized spacial score (nSPS) is 10.0. The van der Waals surface area contributed by atoms with Gasteiger partial charge < -0.3 is 4.74 Å². The number of pyridine rings is 2. The molecule has 0 saturated carbocycles. The Bertz CT molecular complexity index is 459. The summed E-state index contributed by atoms with van der Waals surface area (Å²) in [7, 11) is 1.52. The minimum absolute atomic E-state index is 0.464. The van der Waals surface area contributed by atoms with E-state index >= 15 is 0 Å². The molecule has 0 saturated heterocycles. The van der Waals surface area contributed by atoms with E-state index in [1.807, 2.05) is 0 Å². The maximum Gasteiger partial charge on any atom is 0.213 e. The Labute approximate surface area is 86.6 Å². The van der Waals surface area contributed by atoms with Crippen LogP contribution in [0.3, 0.4) is 0 Å². The van der Waals surface area contributed by atoms with Gasteiger partial charge in [-0.1, -0.05) is 0 Å². The third-order valence-corrected chi connectivity index (χ3v) is 1.98. The molecule has 0 radical (unpaired) electrons. The Balaban J connectivity index is 2.56. The quantitative estimate of drug-likeness (QED) is 0.704. The Morgan fingerprint density at radius 2 is 2.13 bits per heavy atom. The minimum atomic E-state index is -0.533. The molecule has 2 aromatic rings. The zero-order valence-corrected chi connectivity index (χ0v) is 8.14. The van der Waals surface area contributed by atoms with Crippen LogP contribution in [0.15, 0.2) is 36.7 Å². The molecule has 2 rings (SSSR count). The lowest BCUT2D eigenvalue weighted by molar-refractivity contribution is 0.412. The van der Waals surface area contributed by atoms with Gasteiger partial charge in [-0.3, -0.25) is 4.98 Å². The monoisotopic (exact) mass is 204 g/mol. The summed E-state index contributed by atoms with van der Waals surface area (Å²) in [6, 6.07) is 6.38. The second kappa shape index (κ2) is 4.04. The molecule has 0 fully saturated rings. The van der Waals surface area contributed by atoms with Crippen molar-refractivity contribution in [3.05, 3.63) is 42.6 Å². The highest BCUT2D eigenvalue weighted by Gasteiger charge is 2.08. The fraction of sp³-hybridized carbons (Fsp3) is 0.0909. The number of aromatic nitrogens is 2. The van der Waals surface area contributed by atoms with Gasteiger partial charge in [0.05, 0.1) is 7.11 Å². The van der Waals surface area contributed by atoms with Crippen molar-refractivity contribution >= 4 is 0 Å². The van der Waals surface area contributed by atoms with E-state index < -0.39 is 5.95 Å². The average Bonchev–Trinajstić information content (AvgIpc) is 2.30. The fourth-order valence-corrected chi connectivity index (χ4v) is 1.30. The van der Waals surface area contributed by atoms with Crippen molar-refractivity contribution in [1.29, 1.82) is 0 Å². The van der Waals surface area contributed by atoms with Crippen LogP contribution in [0, 0.1) is 5.95 Å². The molecular weight excluding hydrogens is 195 g/mol. The number of hydrogen-bond acceptors (Lipinski definition) is 3. The van der Waals surface area contributed by atoms with Crippen LogP contribution in [0.1, 0.15) is 0 Å². The molecule has 0 aromatic carbocycles. The maximum absolute atomic E-state index is 13.0. The molecule has 0 bridgehead atoms. The Hall–Kier alpha value is -1.97. The third kappa shape index (κ3) is 1.93. The predicted octanol–water partition coefficient (Wildman–Crippen LogP) is 2.29. The van der Waals surface area contributed by atoms with Crippen molar-refractivity contribution in [1.82, 2.24) is 9.97 Å². The van der Waals surface area contributed by atoms with Crippen LogP contribution in [-0.4, -0.2) is 17.1 Å². The number of methoxy groups -OCH3 is 1. The molecule has 3 nitrogen and oxygen atoms in total. The van der Waals surface area contributed by atoms with Crippen molar-refractivity contribution < 1.29 is 9.13 Å². The van der Waals surface area contributed by atoms with Crippen LogP contribution in [0.5, 0.6) is 5.75 Å². The van der Waals surface area contributed by atoms with Gasteiger partial charge in [-0.2, -0.15) is 4.39 Å². The van der Waals surface area contributed by atoms with Crippen LogP contribution in [0.2, 0.25) is 0 Å². The minimum Gasteiger partial charge on any atom is -0.494 e. The molecule has 0 unspecified atom stereocenters. The topological polar surface area (TPSA) is 35.0 Å². The van der Waals surface area contributed by atoms with Crippen molar-refractivity contribution in [2.75, 3.05) is 7.11 Å². The number of rotatable bonds is 2. The molecule has 0 N–H and O–H groups in total. The Morgan fingerprint density at radius 1 is 1.27 bits per heavy atom. The molecule has 2 aromatic heterocycles. The zero-order chi connectivity index (χ0) is 10.7. The first-order valence-corrected chi connectivity index (χ1v) is 4.42. The Kier molecular flexibility index (Phi) is 2.58. The van der Waals surface area contributed by atoms with Gasteiger partial charge in [-0.15, -0.1) is 0 Å². The van der Waals surface area contributed by atoms with E-state index in [1.54, 1.807) is 30.6 Å². The van der Waals surface area contributed by atoms with Crippen LogP contribution in [-0.2, 0) is 0 Å². The Morgan fingerprint density at radius 3 is 2.80 bits per heavy atom. The highest BCUT2D eigenvalue weighted by atomic mass is 19.1. The number of halogens is 1.